The Hall–Kier alpha value is -1.58. The molecule has 0 bridgehead atoms. The van der Waals surface area contributed by atoms with Crippen molar-refractivity contribution in [1.82, 2.24) is 5.32 Å². The van der Waals surface area contributed by atoms with Crippen LogP contribution in [0.4, 0.5) is 4.39 Å². The lowest BCUT2D eigenvalue weighted by atomic mass is 10.1. The number of nitrogens with one attached hydrogen (secondary N) is 1. The van der Waals surface area contributed by atoms with Crippen molar-refractivity contribution in [1.29, 1.82) is 0 Å². The van der Waals surface area contributed by atoms with Crippen LogP contribution in [0, 0.1) is 5.82 Å². The topological polar surface area (TPSA) is 21.3 Å². The van der Waals surface area contributed by atoms with E-state index in [1.54, 1.807) is 13.2 Å². The minimum absolute atomic E-state index is 0.0628. The molecule has 21 heavy (non-hydrogen) atoms. The molecule has 0 fully saturated rings. The van der Waals surface area contributed by atoms with Gasteiger partial charge in [-0.05, 0) is 49.2 Å². The maximum Gasteiger partial charge on any atom is 0.124 e. The molecule has 112 valence electrons. The number of methoxy groups -OCH3 is 1. The molecule has 0 spiro atoms. The summed E-state index contributed by atoms with van der Waals surface area (Å²) in [6, 6.07) is 12.5. The Morgan fingerprint density at radius 3 is 2.71 bits per heavy atom. The van der Waals surface area contributed by atoms with Crippen LogP contribution in [-0.2, 0) is 6.42 Å². The van der Waals surface area contributed by atoms with E-state index in [0.29, 0.717) is 5.02 Å². The van der Waals surface area contributed by atoms with Crippen molar-refractivity contribution in [3.63, 3.8) is 0 Å². The predicted octanol–water partition coefficient (Wildman–Crippen LogP) is 4.38. The Kier molecular flexibility index (Phi) is 5.59. The number of hydrogen-bond acceptors (Lipinski definition) is 2. The van der Waals surface area contributed by atoms with Gasteiger partial charge >= 0.3 is 0 Å². The van der Waals surface area contributed by atoms with Gasteiger partial charge in [0.25, 0.3) is 0 Å². The minimum atomic E-state index is -0.315. The normalized spacial score (nSPS) is 12.2. The molecule has 0 aliphatic carbocycles. The molecule has 0 aliphatic rings. The number of hydrogen-bond donors (Lipinski definition) is 1. The van der Waals surface area contributed by atoms with Crippen molar-refractivity contribution < 1.29 is 9.13 Å². The molecule has 0 aromatic heterocycles. The smallest absolute Gasteiger partial charge is 0.124 e. The van der Waals surface area contributed by atoms with E-state index in [9.17, 15) is 4.39 Å². The molecule has 0 amide bonds. The standard InChI is InChI=1S/C17H19ClFNO/c1-12(15-8-7-14(19)11-16(15)18)20-10-9-13-5-3-4-6-17(13)21-2/h3-8,11-12,20H,9-10H2,1-2H3. The van der Waals surface area contributed by atoms with Gasteiger partial charge in [-0.25, -0.2) is 4.39 Å². The summed E-state index contributed by atoms with van der Waals surface area (Å²) in [5.74, 6) is 0.580. The highest BCUT2D eigenvalue weighted by Crippen LogP contribution is 2.24. The largest absolute Gasteiger partial charge is 0.496 e. The number of para-hydroxylation sites is 1. The van der Waals surface area contributed by atoms with Crippen LogP contribution in [0.15, 0.2) is 42.5 Å². The van der Waals surface area contributed by atoms with Gasteiger partial charge in [0.15, 0.2) is 0 Å². The fourth-order valence-electron chi connectivity index (χ4n) is 2.30. The van der Waals surface area contributed by atoms with Gasteiger partial charge < -0.3 is 10.1 Å². The van der Waals surface area contributed by atoms with Crippen molar-refractivity contribution >= 4 is 11.6 Å². The first-order valence-electron chi connectivity index (χ1n) is 6.92. The molecule has 1 atom stereocenters. The highest BCUT2D eigenvalue weighted by Gasteiger charge is 2.10. The SMILES string of the molecule is COc1ccccc1CCNC(C)c1ccc(F)cc1Cl. The fraction of sp³-hybridized carbons (Fsp3) is 0.294. The minimum Gasteiger partial charge on any atom is -0.496 e. The predicted molar refractivity (Wildman–Crippen MR) is 84.5 cm³/mol. The molecule has 4 heteroatoms. The van der Waals surface area contributed by atoms with Gasteiger partial charge in [0.05, 0.1) is 7.11 Å². The Bertz CT molecular complexity index is 603. The van der Waals surface area contributed by atoms with Gasteiger partial charge in [-0.15, -0.1) is 0 Å². The molecular formula is C17H19ClFNO. The monoisotopic (exact) mass is 307 g/mol. The van der Waals surface area contributed by atoms with E-state index in [2.05, 4.69) is 11.4 Å². The molecule has 2 aromatic carbocycles. The van der Waals surface area contributed by atoms with E-state index in [0.717, 1.165) is 29.8 Å². The van der Waals surface area contributed by atoms with Gasteiger partial charge in [-0.2, -0.15) is 0 Å². The van der Waals surface area contributed by atoms with Crippen LogP contribution in [-0.4, -0.2) is 13.7 Å². The average Bonchev–Trinajstić information content (AvgIpc) is 2.47. The van der Waals surface area contributed by atoms with Crippen molar-refractivity contribution in [2.75, 3.05) is 13.7 Å². The molecule has 0 aliphatic heterocycles. The maximum atomic E-state index is 13.0. The summed E-state index contributed by atoms with van der Waals surface area (Å²) in [5, 5.41) is 3.85. The summed E-state index contributed by atoms with van der Waals surface area (Å²) in [6.07, 6.45) is 0.854. The Morgan fingerprint density at radius 1 is 1.24 bits per heavy atom. The lowest BCUT2D eigenvalue weighted by Crippen LogP contribution is -2.21. The Labute approximate surface area is 129 Å². The Morgan fingerprint density at radius 2 is 2.00 bits per heavy atom. The Balaban J connectivity index is 1.93. The van der Waals surface area contributed by atoms with E-state index in [-0.39, 0.29) is 11.9 Å². The lowest BCUT2D eigenvalue weighted by molar-refractivity contribution is 0.408. The maximum absolute atomic E-state index is 13.0. The van der Waals surface area contributed by atoms with Gasteiger partial charge in [0, 0.05) is 11.1 Å². The highest BCUT2D eigenvalue weighted by molar-refractivity contribution is 6.31. The van der Waals surface area contributed by atoms with Crippen LogP contribution < -0.4 is 10.1 Å². The first-order valence-corrected chi connectivity index (χ1v) is 7.30. The zero-order valence-corrected chi connectivity index (χ0v) is 13.0. The van der Waals surface area contributed by atoms with Crippen molar-refractivity contribution in [2.24, 2.45) is 0 Å². The molecule has 0 saturated heterocycles. The van der Waals surface area contributed by atoms with Crippen LogP contribution in [0.5, 0.6) is 5.75 Å². The molecule has 2 rings (SSSR count). The number of halogens is 2. The molecule has 0 radical (unpaired) electrons. The third kappa shape index (κ3) is 4.19. The number of ether oxygens (including phenoxy) is 1. The number of rotatable bonds is 6. The van der Waals surface area contributed by atoms with Gasteiger partial charge in [-0.1, -0.05) is 35.9 Å². The second kappa shape index (κ2) is 7.43. The van der Waals surface area contributed by atoms with E-state index < -0.39 is 0 Å². The average molecular weight is 308 g/mol. The van der Waals surface area contributed by atoms with Crippen LogP contribution in [0.25, 0.3) is 0 Å². The summed E-state index contributed by atoms with van der Waals surface area (Å²) in [7, 11) is 1.67. The van der Waals surface area contributed by atoms with E-state index in [4.69, 9.17) is 16.3 Å². The van der Waals surface area contributed by atoms with Crippen LogP contribution in [0.3, 0.4) is 0 Å². The highest BCUT2D eigenvalue weighted by atomic mass is 35.5. The van der Waals surface area contributed by atoms with Crippen molar-refractivity contribution in [3.8, 4) is 5.75 Å². The summed E-state index contributed by atoms with van der Waals surface area (Å²) >= 11 is 6.07. The van der Waals surface area contributed by atoms with Crippen LogP contribution in [0.2, 0.25) is 5.02 Å². The van der Waals surface area contributed by atoms with E-state index in [1.165, 1.54) is 12.1 Å². The molecule has 1 unspecified atom stereocenters. The van der Waals surface area contributed by atoms with Crippen LogP contribution >= 0.6 is 11.6 Å². The quantitative estimate of drug-likeness (QED) is 0.855. The van der Waals surface area contributed by atoms with Gasteiger partial charge in [0.2, 0.25) is 0 Å². The molecule has 1 N–H and O–H groups in total. The first kappa shape index (κ1) is 15.8. The molecule has 0 heterocycles. The van der Waals surface area contributed by atoms with Crippen LogP contribution in [0.1, 0.15) is 24.1 Å². The van der Waals surface area contributed by atoms with Crippen molar-refractivity contribution in [3.05, 3.63) is 64.4 Å². The summed E-state index contributed by atoms with van der Waals surface area (Å²) in [5.41, 5.74) is 2.06. The second-order valence-corrected chi connectivity index (χ2v) is 5.31. The summed E-state index contributed by atoms with van der Waals surface area (Å²) in [4.78, 5) is 0. The third-order valence-corrected chi connectivity index (χ3v) is 3.79. The van der Waals surface area contributed by atoms with Gasteiger partial charge in [0.1, 0.15) is 11.6 Å². The van der Waals surface area contributed by atoms with Gasteiger partial charge in [-0.3, -0.25) is 0 Å². The molecule has 0 saturated carbocycles. The van der Waals surface area contributed by atoms with Crippen molar-refractivity contribution in [2.45, 2.75) is 19.4 Å². The second-order valence-electron chi connectivity index (χ2n) is 4.90. The molecule has 2 aromatic rings. The first-order chi connectivity index (χ1) is 10.1. The zero-order chi connectivity index (χ0) is 15.2. The summed E-state index contributed by atoms with van der Waals surface area (Å²) < 4.78 is 18.4. The van der Waals surface area contributed by atoms with E-state index in [1.807, 2.05) is 25.1 Å². The molecular weight excluding hydrogens is 289 g/mol. The molecule has 2 nitrogen and oxygen atoms in total. The fourth-order valence-corrected chi connectivity index (χ4v) is 2.63. The zero-order valence-electron chi connectivity index (χ0n) is 12.2. The third-order valence-electron chi connectivity index (χ3n) is 3.47. The number of benzene rings is 2. The van der Waals surface area contributed by atoms with E-state index >= 15 is 0 Å². The summed E-state index contributed by atoms with van der Waals surface area (Å²) in [6.45, 7) is 2.80. The lowest BCUT2D eigenvalue weighted by Gasteiger charge is -2.16.